The molecule has 3 unspecified atom stereocenters. The molecule has 96 valence electrons. The number of ether oxygens (including phenoxy) is 2. The van der Waals surface area contributed by atoms with Gasteiger partial charge in [-0.25, -0.2) is 4.79 Å². The zero-order valence-electron chi connectivity index (χ0n) is 10.7. The Morgan fingerprint density at radius 2 is 1.94 bits per heavy atom. The maximum absolute atomic E-state index is 11.9. The summed E-state index contributed by atoms with van der Waals surface area (Å²) in [7, 11) is 1.38. The van der Waals surface area contributed by atoms with Gasteiger partial charge in [0.1, 0.15) is 5.60 Å². The summed E-state index contributed by atoms with van der Waals surface area (Å²) in [6.45, 7) is 5.94. The predicted molar refractivity (Wildman–Crippen MR) is 60.3 cm³/mol. The van der Waals surface area contributed by atoms with Crippen molar-refractivity contribution in [1.82, 2.24) is 4.90 Å². The summed E-state index contributed by atoms with van der Waals surface area (Å²) in [5, 5.41) is 0. The van der Waals surface area contributed by atoms with Gasteiger partial charge in [0.25, 0.3) is 0 Å². The summed E-state index contributed by atoms with van der Waals surface area (Å²) in [5.74, 6) is -0.115. The number of carbonyl (C=O) groups excluding carboxylic acids is 2. The molecule has 0 aromatic heterocycles. The fourth-order valence-electron chi connectivity index (χ4n) is 2.40. The van der Waals surface area contributed by atoms with Crippen LogP contribution in [-0.4, -0.2) is 42.3 Å². The summed E-state index contributed by atoms with van der Waals surface area (Å²) in [6, 6.07) is 0.175. The number of carbonyl (C=O) groups is 2. The lowest BCUT2D eigenvalue weighted by Crippen LogP contribution is -2.38. The van der Waals surface area contributed by atoms with E-state index in [2.05, 4.69) is 0 Å². The van der Waals surface area contributed by atoms with Crippen molar-refractivity contribution in [2.24, 2.45) is 11.8 Å². The van der Waals surface area contributed by atoms with Crippen molar-refractivity contribution in [3.05, 3.63) is 0 Å². The number of hydrogen-bond acceptors (Lipinski definition) is 4. The van der Waals surface area contributed by atoms with E-state index < -0.39 is 5.60 Å². The van der Waals surface area contributed by atoms with E-state index in [0.717, 1.165) is 6.42 Å². The molecule has 2 rings (SSSR count). The maximum atomic E-state index is 11.9. The first-order valence-electron chi connectivity index (χ1n) is 5.91. The third-order valence-electron chi connectivity index (χ3n) is 3.25. The van der Waals surface area contributed by atoms with Crippen molar-refractivity contribution in [2.45, 2.75) is 38.8 Å². The lowest BCUT2D eigenvalue weighted by atomic mass is 10.1. The van der Waals surface area contributed by atoms with Crippen molar-refractivity contribution in [1.29, 1.82) is 0 Å². The second kappa shape index (κ2) is 3.89. The van der Waals surface area contributed by atoms with Gasteiger partial charge in [0, 0.05) is 12.6 Å². The van der Waals surface area contributed by atoms with Gasteiger partial charge >= 0.3 is 12.1 Å². The Morgan fingerprint density at radius 3 is 2.47 bits per heavy atom. The molecule has 1 saturated heterocycles. The molecule has 1 heterocycles. The third kappa shape index (κ3) is 2.37. The molecule has 1 aliphatic heterocycles. The van der Waals surface area contributed by atoms with Crippen molar-refractivity contribution < 1.29 is 19.1 Å². The highest BCUT2D eigenvalue weighted by Gasteiger charge is 2.58. The quantitative estimate of drug-likeness (QED) is 0.651. The Balaban J connectivity index is 1.97. The molecule has 0 aromatic carbocycles. The van der Waals surface area contributed by atoms with E-state index >= 15 is 0 Å². The summed E-state index contributed by atoms with van der Waals surface area (Å²) in [5.41, 5.74) is -0.495. The lowest BCUT2D eigenvalue weighted by Gasteiger charge is -2.25. The van der Waals surface area contributed by atoms with Crippen LogP contribution in [0.4, 0.5) is 4.79 Å². The number of amides is 1. The second-order valence-electron chi connectivity index (χ2n) is 5.73. The summed E-state index contributed by atoms with van der Waals surface area (Å²) >= 11 is 0. The molecule has 17 heavy (non-hydrogen) atoms. The van der Waals surface area contributed by atoms with Crippen molar-refractivity contribution in [3.63, 3.8) is 0 Å². The highest BCUT2D eigenvalue weighted by atomic mass is 16.6. The van der Waals surface area contributed by atoms with Crippen LogP contribution in [0.25, 0.3) is 0 Å². The summed E-state index contributed by atoms with van der Waals surface area (Å²) in [4.78, 5) is 25.1. The van der Waals surface area contributed by atoms with Gasteiger partial charge in [-0.1, -0.05) is 0 Å². The molecule has 3 atom stereocenters. The standard InChI is InChI=1S/C12H19NO4/c1-12(2,3)17-11(15)13-6-8(10(14)16-4)7-5-9(7)13/h7-9H,5-6H2,1-4H3. The van der Waals surface area contributed by atoms with E-state index in [0.29, 0.717) is 6.54 Å². The minimum Gasteiger partial charge on any atom is -0.469 e. The van der Waals surface area contributed by atoms with E-state index in [9.17, 15) is 9.59 Å². The molecular formula is C12H19NO4. The first kappa shape index (κ1) is 12.2. The minimum atomic E-state index is -0.495. The first-order chi connectivity index (χ1) is 7.83. The Morgan fingerprint density at radius 1 is 1.29 bits per heavy atom. The Hall–Kier alpha value is -1.26. The highest BCUT2D eigenvalue weighted by Crippen LogP contribution is 2.49. The largest absolute Gasteiger partial charge is 0.469 e. The predicted octanol–water partition coefficient (Wildman–Crippen LogP) is 1.41. The Bertz CT molecular complexity index is 347. The maximum Gasteiger partial charge on any atom is 0.410 e. The van der Waals surface area contributed by atoms with Crippen LogP contribution in [0.15, 0.2) is 0 Å². The van der Waals surface area contributed by atoms with Crippen molar-refractivity contribution in [3.8, 4) is 0 Å². The summed E-state index contributed by atoms with van der Waals surface area (Å²) < 4.78 is 10.1. The summed E-state index contributed by atoms with van der Waals surface area (Å²) in [6.07, 6.45) is 0.565. The van der Waals surface area contributed by atoms with Crippen LogP contribution in [0.3, 0.4) is 0 Å². The highest BCUT2D eigenvalue weighted by molar-refractivity contribution is 5.77. The number of nitrogens with zero attached hydrogens (tertiary/aromatic N) is 1. The van der Waals surface area contributed by atoms with Crippen LogP contribution in [0.1, 0.15) is 27.2 Å². The van der Waals surface area contributed by atoms with Gasteiger partial charge in [-0.2, -0.15) is 0 Å². The molecule has 2 aliphatic rings. The van der Waals surface area contributed by atoms with E-state index in [4.69, 9.17) is 9.47 Å². The first-order valence-corrected chi connectivity index (χ1v) is 5.91. The Labute approximate surface area is 101 Å². The van der Waals surface area contributed by atoms with Gasteiger partial charge in [0.05, 0.1) is 13.0 Å². The minimum absolute atomic E-state index is 0.169. The van der Waals surface area contributed by atoms with Crippen molar-refractivity contribution >= 4 is 12.1 Å². The van der Waals surface area contributed by atoms with Gasteiger partial charge in [0.2, 0.25) is 0 Å². The molecule has 2 fully saturated rings. The van der Waals surface area contributed by atoms with Gasteiger partial charge in [-0.3, -0.25) is 4.79 Å². The number of fused-ring (bicyclic) bond motifs is 1. The molecule has 0 N–H and O–H groups in total. The Kier molecular flexibility index (Phi) is 2.79. The average molecular weight is 241 g/mol. The SMILES string of the molecule is COC(=O)C1CN(C(=O)OC(C)(C)C)C2CC12. The number of methoxy groups -OCH3 is 1. The molecule has 1 saturated carbocycles. The van der Waals surface area contributed by atoms with E-state index in [-0.39, 0.29) is 29.9 Å². The van der Waals surface area contributed by atoms with Crippen molar-refractivity contribution in [2.75, 3.05) is 13.7 Å². The molecular weight excluding hydrogens is 222 g/mol. The molecule has 1 amide bonds. The van der Waals surface area contributed by atoms with Gasteiger partial charge in [0.15, 0.2) is 0 Å². The van der Waals surface area contributed by atoms with Crippen LogP contribution in [0.2, 0.25) is 0 Å². The van der Waals surface area contributed by atoms with Gasteiger partial charge < -0.3 is 14.4 Å². The zero-order chi connectivity index (χ0) is 12.8. The molecule has 0 spiro atoms. The number of esters is 1. The van der Waals surface area contributed by atoms with E-state index in [1.165, 1.54) is 7.11 Å². The monoisotopic (exact) mass is 241 g/mol. The zero-order valence-corrected chi connectivity index (χ0v) is 10.7. The molecule has 5 nitrogen and oxygen atoms in total. The molecule has 1 aliphatic carbocycles. The van der Waals surface area contributed by atoms with Crippen LogP contribution in [0, 0.1) is 11.8 Å². The molecule has 0 radical (unpaired) electrons. The van der Waals surface area contributed by atoms with Gasteiger partial charge in [-0.05, 0) is 33.1 Å². The van der Waals surface area contributed by atoms with Crippen LogP contribution in [0.5, 0.6) is 0 Å². The topological polar surface area (TPSA) is 55.8 Å². The van der Waals surface area contributed by atoms with E-state index in [1.807, 2.05) is 20.8 Å². The van der Waals surface area contributed by atoms with E-state index in [1.54, 1.807) is 4.90 Å². The normalized spacial score (nSPS) is 30.8. The molecule has 0 bridgehead atoms. The second-order valence-corrected chi connectivity index (χ2v) is 5.73. The molecule has 0 aromatic rings. The van der Waals surface area contributed by atoms with Crippen LogP contribution >= 0.6 is 0 Å². The number of likely N-dealkylation sites (tertiary alicyclic amines) is 1. The smallest absolute Gasteiger partial charge is 0.410 e. The fraction of sp³-hybridized carbons (Fsp3) is 0.833. The fourth-order valence-corrected chi connectivity index (χ4v) is 2.40. The number of piperidine rings is 1. The lowest BCUT2D eigenvalue weighted by molar-refractivity contribution is -0.145. The number of hydrogen-bond donors (Lipinski definition) is 0. The number of rotatable bonds is 1. The third-order valence-corrected chi connectivity index (χ3v) is 3.25. The van der Waals surface area contributed by atoms with Crippen LogP contribution in [-0.2, 0) is 14.3 Å². The molecule has 5 heteroatoms. The van der Waals surface area contributed by atoms with Gasteiger partial charge in [-0.15, -0.1) is 0 Å². The average Bonchev–Trinajstić information content (AvgIpc) is 2.89. The van der Waals surface area contributed by atoms with Crippen LogP contribution < -0.4 is 0 Å².